The van der Waals surface area contributed by atoms with E-state index in [1.54, 1.807) is 6.07 Å². The Bertz CT molecular complexity index is 1070. The van der Waals surface area contributed by atoms with Crippen molar-refractivity contribution in [2.24, 2.45) is 0 Å². The molecule has 150 valence electrons. The summed E-state index contributed by atoms with van der Waals surface area (Å²) in [5.74, 6) is 0.734. The van der Waals surface area contributed by atoms with Gasteiger partial charge in [-0.05, 0) is 80.1 Å². The van der Waals surface area contributed by atoms with Crippen molar-refractivity contribution in [1.82, 2.24) is 4.90 Å². The van der Waals surface area contributed by atoms with Crippen LogP contribution in [0.2, 0.25) is 0 Å². The minimum Gasteiger partial charge on any atom is -0.494 e. The quantitative estimate of drug-likeness (QED) is 0.639. The topological polar surface area (TPSA) is 58.6 Å². The van der Waals surface area contributed by atoms with Crippen molar-refractivity contribution >= 4 is 38.9 Å². The van der Waals surface area contributed by atoms with Crippen molar-refractivity contribution in [2.45, 2.75) is 26.7 Å². The first-order valence-corrected chi connectivity index (χ1v) is 10.7. The summed E-state index contributed by atoms with van der Waals surface area (Å²) in [6.45, 7) is 6.14. The maximum absolute atomic E-state index is 12.6. The third-order valence-corrected chi connectivity index (χ3v) is 6.22. The second kappa shape index (κ2) is 8.25. The van der Waals surface area contributed by atoms with Gasteiger partial charge in [0.2, 0.25) is 0 Å². The van der Waals surface area contributed by atoms with Crippen LogP contribution >= 0.6 is 11.3 Å². The first-order valence-electron chi connectivity index (χ1n) is 9.93. The van der Waals surface area contributed by atoms with Gasteiger partial charge in [0, 0.05) is 29.0 Å². The van der Waals surface area contributed by atoms with Gasteiger partial charge in [0.25, 0.3) is 11.8 Å². The Morgan fingerprint density at radius 2 is 1.90 bits per heavy atom. The first kappa shape index (κ1) is 19.5. The average Bonchev–Trinajstić information content (AvgIpc) is 3.38. The van der Waals surface area contributed by atoms with Crippen LogP contribution in [0.5, 0.6) is 5.75 Å². The molecule has 0 aliphatic carbocycles. The summed E-state index contributed by atoms with van der Waals surface area (Å²) < 4.78 is 6.58. The number of likely N-dealkylation sites (tertiary alicyclic amines) is 1. The summed E-state index contributed by atoms with van der Waals surface area (Å²) in [6.07, 6.45) is 2.16. The lowest BCUT2D eigenvalue weighted by Crippen LogP contribution is -2.26. The number of amides is 2. The normalized spacial score (nSPS) is 13.7. The number of fused-ring (bicyclic) bond motifs is 1. The highest BCUT2D eigenvalue weighted by Crippen LogP contribution is 2.30. The van der Waals surface area contributed by atoms with E-state index < -0.39 is 0 Å². The Labute approximate surface area is 174 Å². The Morgan fingerprint density at radius 1 is 1.10 bits per heavy atom. The third-order valence-electron chi connectivity index (χ3n) is 5.12. The van der Waals surface area contributed by atoms with Crippen LogP contribution < -0.4 is 10.1 Å². The van der Waals surface area contributed by atoms with Crippen molar-refractivity contribution in [3.63, 3.8) is 0 Å². The van der Waals surface area contributed by atoms with Gasteiger partial charge < -0.3 is 15.0 Å². The lowest BCUT2D eigenvalue weighted by atomic mass is 10.1. The van der Waals surface area contributed by atoms with Crippen molar-refractivity contribution in [2.75, 3.05) is 25.0 Å². The Kier molecular flexibility index (Phi) is 5.53. The molecule has 5 nitrogen and oxygen atoms in total. The molecule has 0 spiro atoms. The molecular weight excluding hydrogens is 384 g/mol. The maximum atomic E-state index is 12.6. The summed E-state index contributed by atoms with van der Waals surface area (Å²) in [6, 6.07) is 13.1. The van der Waals surface area contributed by atoms with E-state index in [-0.39, 0.29) is 11.8 Å². The highest BCUT2D eigenvalue weighted by atomic mass is 32.1. The van der Waals surface area contributed by atoms with Crippen LogP contribution in [0.1, 0.15) is 45.4 Å². The van der Waals surface area contributed by atoms with E-state index in [2.05, 4.69) is 5.32 Å². The minimum absolute atomic E-state index is 0.110. The molecule has 0 saturated carbocycles. The first-order chi connectivity index (χ1) is 14.0. The highest BCUT2D eigenvalue weighted by molar-refractivity contribution is 7.20. The number of anilines is 1. The van der Waals surface area contributed by atoms with E-state index in [0.29, 0.717) is 17.9 Å². The number of carbonyl (C=O) groups is 2. The zero-order valence-electron chi connectivity index (χ0n) is 16.7. The SMILES string of the molecule is CCOc1ccc(C(=O)Nc2ccc3sc(C(=O)N4CCCC4)cc3c2)cc1C. The summed E-state index contributed by atoms with van der Waals surface area (Å²) >= 11 is 1.51. The molecule has 1 saturated heterocycles. The fourth-order valence-corrected chi connectivity index (χ4v) is 4.62. The van der Waals surface area contributed by atoms with Gasteiger partial charge in [0.15, 0.2) is 0 Å². The van der Waals surface area contributed by atoms with Gasteiger partial charge in [-0.15, -0.1) is 11.3 Å². The van der Waals surface area contributed by atoms with Crippen LogP contribution in [0.25, 0.3) is 10.1 Å². The molecule has 2 aromatic carbocycles. The number of carbonyl (C=O) groups excluding carboxylic acids is 2. The molecular formula is C23H24N2O3S. The molecule has 29 heavy (non-hydrogen) atoms. The molecule has 1 N–H and O–H groups in total. The number of rotatable bonds is 5. The standard InChI is InChI=1S/C23H24N2O3S/c1-3-28-19-8-6-16(12-15(19)2)22(26)24-18-7-9-20-17(13-18)14-21(29-20)23(27)25-10-4-5-11-25/h6-9,12-14H,3-5,10-11H2,1-2H3,(H,24,26). The molecule has 4 rings (SSSR count). The molecule has 1 fully saturated rings. The van der Waals surface area contributed by atoms with Crippen molar-refractivity contribution in [3.8, 4) is 5.75 Å². The lowest BCUT2D eigenvalue weighted by Gasteiger charge is -2.13. The van der Waals surface area contributed by atoms with Crippen LogP contribution in [0.3, 0.4) is 0 Å². The second-order valence-electron chi connectivity index (χ2n) is 7.23. The van der Waals surface area contributed by atoms with Crippen LogP contribution in [0.15, 0.2) is 42.5 Å². The number of hydrogen-bond donors (Lipinski definition) is 1. The average molecular weight is 409 g/mol. The predicted molar refractivity (Wildman–Crippen MR) is 117 cm³/mol. The summed E-state index contributed by atoms with van der Waals surface area (Å²) in [5, 5.41) is 3.92. The van der Waals surface area contributed by atoms with Gasteiger partial charge >= 0.3 is 0 Å². The Balaban J connectivity index is 1.51. The smallest absolute Gasteiger partial charge is 0.263 e. The molecule has 2 amide bonds. The number of thiophene rings is 1. The summed E-state index contributed by atoms with van der Waals surface area (Å²) in [4.78, 5) is 28.0. The van der Waals surface area contributed by atoms with Gasteiger partial charge in [0.05, 0.1) is 11.5 Å². The molecule has 1 aromatic heterocycles. The summed E-state index contributed by atoms with van der Waals surface area (Å²) in [7, 11) is 0. The molecule has 3 aromatic rings. The fraction of sp³-hybridized carbons (Fsp3) is 0.304. The zero-order chi connectivity index (χ0) is 20.4. The largest absolute Gasteiger partial charge is 0.494 e. The third kappa shape index (κ3) is 4.12. The van der Waals surface area contributed by atoms with Gasteiger partial charge in [0.1, 0.15) is 5.75 Å². The number of nitrogens with one attached hydrogen (secondary N) is 1. The minimum atomic E-state index is -0.168. The molecule has 0 unspecified atom stereocenters. The zero-order valence-corrected chi connectivity index (χ0v) is 17.5. The van der Waals surface area contributed by atoms with Crippen LogP contribution in [-0.4, -0.2) is 36.4 Å². The van der Waals surface area contributed by atoms with Crippen molar-refractivity contribution < 1.29 is 14.3 Å². The molecule has 0 radical (unpaired) electrons. The summed E-state index contributed by atoms with van der Waals surface area (Å²) in [5.41, 5.74) is 2.23. The van der Waals surface area contributed by atoms with Crippen LogP contribution in [0.4, 0.5) is 5.69 Å². The lowest BCUT2D eigenvalue weighted by molar-refractivity contribution is 0.0797. The number of benzene rings is 2. The molecule has 0 atom stereocenters. The Hall–Kier alpha value is -2.86. The number of nitrogens with zero attached hydrogens (tertiary/aromatic N) is 1. The van der Waals surface area contributed by atoms with Gasteiger partial charge in [-0.1, -0.05) is 0 Å². The van der Waals surface area contributed by atoms with Gasteiger partial charge in [-0.3, -0.25) is 9.59 Å². The second-order valence-corrected chi connectivity index (χ2v) is 8.31. The number of aryl methyl sites for hydroxylation is 1. The van der Waals surface area contributed by atoms with E-state index in [9.17, 15) is 9.59 Å². The number of ether oxygens (including phenoxy) is 1. The van der Waals surface area contributed by atoms with E-state index in [1.165, 1.54) is 11.3 Å². The molecule has 2 heterocycles. The molecule has 0 bridgehead atoms. The predicted octanol–water partition coefficient (Wildman–Crippen LogP) is 5.10. The molecule has 1 aliphatic heterocycles. The van der Waals surface area contributed by atoms with Crippen molar-refractivity contribution in [3.05, 3.63) is 58.5 Å². The molecule has 6 heteroatoms. The number of hydrogen-bond acceptors (Lipinski definition) is 4. The van der Waals surface area contributed by atoms with E-state index in [1.807, 2.05) is 55.1 Å². The van der Waals surface area contributed by atoms with Gasteiger partial charge in [-0.25, -0.2) is 0 Å². The van der Waals surface area contributed by atoms with Crippen LogP contribution in [-0.2, 0) is 0 Å². The van der Waals surface area contributed by atoms with E-state index in [0.717, 1.165) is 52.2 Å². The highest BCUT2D eigenvalue weighted by Gasteiger charge is 2.21. The van der Waals surface area contributed by atoms with E-state index >= 15 is 0 Å². The molecule has 1 aliphatic rings. The van der Waals surface area contributed by atoms with Crippen LogP contribution in [0, 0.1) is 6.92 Å². The van der Waals surface area contributed by atoms with E-state index in [4.69, 9.17) is 4.74 Å². The Morgan fingerprint density at radius 3 is 2.62 bits per heavy atom. The monoisotopic (exact) mass is 408 g/mol. The van der Waals surface area contributed by atoms with Crippen molar-refractivity contribution in [1.29, 1.82) is 0 Å². The fourth-order valence-electron chi connectivity index (χ4n) is 3.61. The maximum Gasteiger partial charge on any atom is 0.263 e. The van der Waals surface area contributed by atoms with Gasteiger partial charge in [-0.2, -0.15) is 0 Å².